The maximum atomic E-state index is 11.6. The number of hydrogen-bond acceptors (Lipinski definition) is 3. The van der Waals surface area contributed by atoms with E-state index in [1.54, 1.807) is 6.07 Å². The number of hydrogen-bond donors (Lipinski definition) is 1. The van der Waals surface area contributed by atoms with Crippen LogP contribution in [0.1, 0.15) is 0 Å². The lowest BCUT2D eigenvalue weighted by molar-refractivity contribution is -0.130. The summed E-state index contributed by atoms with van der Waals surface area (Å²) in [7, 11) is 0. The molecule has 1 heterocycles. The van der Waals surface area contributed by atoms with Gasteiger partial charge in [0.2, 0.25) is 6.10 Å². The van der Waals surface area contributed by atoms with Crippen molar-refractivity contribution in [1.29, 1.82) is 0 Å². The van der Waals surface area contributed by atoms with Crippen LogP contribution in [0.3, 0.4) is 0 Å². The van der Waals surface area contributed by atoms with Gasteiger partial charge in [-0.25, -0.2) is 0 Å². The smallest absolute Gasteiger partial charge is 0.264 e. The van der Waals surface area contributed by atoms with Gasteiger partial charge in [-0.2, -0.15) is 0 Å². The molecule has 1 aliphatic rings. The lowest BCUT2D eigenvalue weighted by atomic mass is 10.2. The number of para-hydroxylation sites is 2. The molecule has 2 rings (SSSR count). The Kier molecular flexibility index (Phi) is 3.87. The van der Waals surface area contributed by atoms with Crippen molar-refractivity contribution in [3.63, 3.8) is 0 Å². The quantitative estimate of drug-likeness (QED) is 0.672. The first-order chi connectivity index (χ1) is 7.81. The van der Waals surface area contributed by atoms with E-state index in [0.29, 0.717) is 18.0 Å². The highest BCUT2D eigenvalue weighted by Crippen LogP contribution is 2.30. The molecule has 1 aromatic carbocycles. The molecule has 1 amide bonds. The third kappa shape index (κ3) is 2.58. The highest BCUT2D eigenvalue weighted by atomic mass is 127. The van der Waals surface area contributed by atoms with Gasteiger partial charge in [0.15, 0.2) is 11.5 Å². The Bertz CT molecular complexity index is 383. The molecule has 0 spiro atoms. The molecule has 1 aromatic rings. The first kappa shape index (κ1) is 11.5. The summed E-state index contributed by atoms with van der Waals surface area (Å²) in [6, 6.07) is 7.35. The van der Waals surface area contributed by atoms with Gasteiger partial charge >= 0.3 is 0 Å². The monoisotopic (exact) mass is 333 g/mol. The summed E-state index contributed by atoms with van der Waals surface area (Å²) in [5, 5.41) is 2.78. The van der Waals surface area contributed by atoms with E-state index in [4.69, 9.17) is 9.47 Å². The minimum absolute atomic E-state index is 0.119. The summed E-state index contributed by atoms with van der Waals surface area (Å²) in [6.45, 7) is 0.922. The summed E-state index contributed by atoms with van der Waals surface area (Å²) >= 11 is 2.21. The van der Waals surface area contributed by atoms with Gasteiger partial charge in [-0.1, -0.05) is 34.7 Å². The Labute approximate surface area is 107 Å². The van der Waals surface area contributed by atoms with Crippen molar-refractivity contribution in [2.45, 2.75) is 6.10 Å². The van der Waals surface area contributed by atoms with E-state index in [9.17, 15) is 4.79 Å². The van der Waals surface area contributed by atoms with Gasteiger partial charge in [-0.3, -0.25) is 4.79 Å². The van der Waals surface area contributed by atoms with Crippen LogP contribution in [0.4, 0.5) is 0 Å². The van der Waals surface area contributed by atoms with Gasteiger partial charge in [0, 0.05) is 11.0 Å². The molecule has 1 N–H and O–H groups in total. The Balaban J connectivity index is 1.99. The van der Waals surface area contributed by atoms with Crippen LogP contribution in [0.25, 0.3) is 0 Å². The number of ether oxygens (including phenoxy) is 2. The first-order valence-electron chi connectivity index (χ1n) is 5.03. The predicted molar refractivity (Wildman–Crippen MR) is 68.2 cm³/mol. The lowest BCUT2D eigenvalue weighted by Gasteiger charge is -2.25. The van der Waals surface area contributed by atoms with Crippen LogP contribution in [-0.2, 0) is 4.79 Å². The second kappa shape index (κ2) is 5.38. The average Bonchev–Trinajstić information content (AvgIpc) is 2.35. The molecule has 0 aromatic heterocycles. The maximum Gasteiger partial charge on any atom is 0.264 e. The van der Waals surface area contributed by atoms with Crippen LogP contribution in [0.15, 0.2) is 24.3 Å². The molecule has 1 unspecified atom stereocenters. The van der Waals surface area contributed by atoms with Crippen LogP contribution in [0.2, 0.25) is 0 Å². The molecule has 4 nitrogen and oxygen atoms in total. The third-order valence-corrected chi connectivity index (χ3v) is 2.73. The molecule has 1 aliphatic heterocycles. The van der Waals surface area contributed by atoms with Gasteiger partial charge in [-0.05, 0) is 12.1 Å². The molecule has 86 valence electrons. The number of carbonyl (C=O) groups excluding carboxylic acids is 1. The Hall–Kier alpha value is -0.980. The topological polar surface area (TPSA) is 47.6 Å². The summed E-state index contributed by atoms with van der Waals surface area (Å²) in [5.74, 6) is 1.20. The molecule has 0 radical (unpaired) electrons. The number of fused-ring (bicyclic) bond motifs is 1. The van der Waals surface area contributed by atoms with E-state index in [1.807, 2.05) is 18.2 Å². The number of halogens is 1. The van der Waals surface area contributed by atoms with Crippen LogP contribution in [-0.4, -0.2) is 29.6 Å². The van der Waals surface area contributed by atoms with Crippen molar-refractivity contribution < 1.29 is 14.3 Å². The molecule has 5 heteroatoms. The zero-order valence-corrected chi connectivity index (χ0v) is 10.8. The average molecular weight is 333 g/mol. The number of amides is 1. The number of nitrogens with one attached hydrogen (secondary N) is 1. The Morgan fingerprint density at radius 2 is 2.19 bits per heavy atom. The van der Waals surface area contributed by atoms with Crippen molar-refractivity contribution in [3.05, 3.63) is 24.3 Å². The highest BCUT2D eigenvalue weighted by molar-refractivity contribution is 14.1. The minimum Gasteiger partial charge on any atom is -0.485 e. The summed E-state index contributed by atoms with van der Waals surface area (Å²) in [4.78, 5) is 11.6. The van der Waals surface area contributed by atoms with Crippen LogP contribution in [0, 0.1) is 0 Å². The number of alkyl halides is 1. The van der Waals surface area contributed by atoms with Gasteiger partial charge < -0.3 is 14.8 Å². The van der Waals surface area contributed by atoms with E-state index in [-0.39, 0.29) is 12.5 Å². The largest absolute Gasteiger partial charge is 0.485 e. The maximum absolute atomic E-state index is 11.6. The molecule has 0 fully saturated rings. The molecular formula is C11H12INO3. The predicted octanol–water partition coefficient (Wildman–Crippen LogP) is 1.38. The van der Waals surface area contributed by atoms with Crippen LogP contribution >= 0.6 is 22.6 Å². The van der Waals surface area contributed by atoms with Crippen molar-refractivity contribution in [2.75, 3.05) is 17.6 Å². The van der Waals surface area contributed by atoms with Crippen LogP contribution in [0.5, 0.6) is 11.5 Å². The minimum atomic E-state index is -0.544. The Morgan fingerprint density at radius 3 is 2.94 bits per heavy atom. The fraction of sp³-hybridized carbons (Fsp3) is 0.364. The van der Waals surface area contributed by atoms with Gasteiger partial charge in [0.05, 0.1) is 0 Å². The zero-order chi connectivity index (χ0) is 11.4. The van der Waals surface area contributed by atoms with Crippen molar-refractivity contribution in [2.24, 2.45) is 0 Å². The highest BCUT2D eigenvalue weighted by Gasteiger charge is 2.26. The van der Waals surface area contributed by atoms with E-state index < -0.39 is 6.10 Å². The van der Waals surface area contributed by atoms with Crippen molar-refractivity contribution >= 4 is 28.5 Å². The van der Waals surface area contributed by atoms with Gasteiger partial charge in [0.25, 0.3) is 5.91 Å². The Morgan fingerprint density at radius 1 is 1.44 bits per heavy atom. The van der Waals surface area contributed by atoms with Crippen molar-refractivity contribution in [3.8, 4) is 11.5 Å². The SMILES string of the molecule is O=C(NCCI)C1COc2ccccc2O1. The van der Waals surface area contributed by atoms with Crippen LogP contribution < -0.4 is 14.8 Å². The number of carbonyl (C=O) groups is 1. The molecule has 0 aliphatic carbocycles. The molecule has 0 saturated carbocycles. The summed E-state index contributed by atoms with van der Waals surface area (Å²) < 4.78 is 11.9. The third-order valence-electron chi connectivity index (χ3n) is 2.19. The second-order valence-electron chi connectivity index (χ2n) is 3.34. The van der Waals surface area contributed by atoms with E-state index in [1.165, 1.54) is 0 Å². The fourth-order valence-electron chi connectivity index (χ4n) is 1.43. The normalized spacial score (nSPS) is 17.9. The van der Waals surface area contributed by atoms with E-state index >= 15 is 0 Å². The fourth-order valence-corrected chi connectivity index (χ4v) is 1.70. The molecule has 0 bridgehead atoms. The second-order valence-corrected chi connectivity index (χ2v) is 4.42. The zero-order valence-electron chi connectivity index (χ0n) is 8.61. The first-order valence-corrected chi connectivity index (χ1v) is 6.56. The standard InChI is InChI=1S/C11H12INO3/c12-5-6-13-11(14)10-7-15-8-3-1-2-4-9(8)16-10/h1-4,10H,5-7H2,(H,13,14). The van der Waals surface area contributed by atoms with Gasteiger partial charge in [0.1, 0.15) is 6.61 Å². The molecular weight excluding hydrogens is 321 g/mol. The number of benzene rings is 1. The molecule has 0 saturated heterocycles. The van der Waals surface area contributed by atoms with Gasteiger partial charge in [-0.15, -0.1) is 0 Å². The van der Waals surface area contributed by atoms with E-state index in [2.05, 4.69) is 27.9 Å². The molecule has 1 atom stereocenters. The molecule has 16 heavy (non-hydrogen) atoms. The summed E-state index contributed by atoms with van der Waals surface area (Å²) in [5.41, 5.74) is 0. The lowest BCUT2D eigenvalue weighted by Crippen LogP contribution is -2.44. The van der Waals surface area contributed by atoms with E-state index in [0.717, 1.165) is 4.43 Å². The summed E-state index contributed by atoms with van der Waals surface area (Å²) in [6.07, 6.45) is -0.544. The number of rotatable bonds is 3. The van der Waals surface area contributed by atoms with Crippen molar-refractivity contribution in [1.82, 2.24) is 5.32 Å².